The molecule has 1 heterocycles. The quantitative estimate of drug-likeness (QED) is 0.681. The zero-order chi connectivity index (χ0) is 9.26. The fourth-order valence-corrected chi connectivity index (χ4v) is 1.34. The molecule has 1 aliphatic rings. The van der Waals surface area contributed by atoms with Gasteiger partial charge in [-0.05, 0) is 19.1 Å². The Morgan fingerprint density at radius 1 is 1.31 bits per heavy atom. The van der Waals surface area contributed by atoms with Crippen molar-refractivity contribution in [3.05, 3.63) is 30.8 Å². The topological polar surface area (TPSA) is 41.1 Å². The molecule has 1 atom stereocenters. The van der Waals surface area contributed by atoms with E-state index in [4.69, 9.17) is 0 Å². The first kappa shape index (κ1) is 8.10. The van der Waals surface area contributed by atoms with Crippen molar-refractivity contribution in [3.63, 3.8) is 0 Å². The first-order valence-electron chi connectivity index (χ1n) is 4.23. The first-order chi connectivity index (χ1) is 6.27. The molecule has 0 aliphatic carbocycles. The maximum Gasteiger partial charge on any atom is 0.154 e. The van der Waals surface area contributed by atoms with E-state index in [-0.39, 0.29) is 11.8 Å². The summed E-state index contributed by atoms with van der Waals surface area (Å²) < 4.78 is 0. The highest BCUT2D eigenvalue weighted by atomic mass is 16.1. The van der Waals surface area contributed by atoms with E-state index in [1.54, 1.807) is 13.5 Å². The summed E-state index contributed by atoms with van der Waals surface area (Å²) in [5.41, 5.74) is 1.99. The van der Waals surface area contributed by atoms with Gasteiger partial charge in [-0.15, -0.1) is 0 Å². The van der Waals surface area contributed by atoms with Crippen LogP contribution < -0.4 is 10.6 Å². The number of benzene rings is 1. The van der Waals surface area contributed by atoms with Crippen molar-refractivity contribution in [1.82, 2.24) is 0 Å². The van der Waals surface area contributed by atoms with E-state index in [2.05, 4.69) is 10.6 Å². The summed E-state index contributed by atoms with van der Waals surface area (Å²) in [7, 11) is 0. The fraction of sp³-hybridized carbons (Fsp3) is 0.200. The van der Waals surface area contributed by atoms with Crippen molar-refractivity contribution in [1.29, 1.82) is 0 Å². The molecule has 3 nitrogen and oxygen atoms in total. The third kappa shape index (κ3) is 1.49. The Balaban J connectivity index is 2.24. The van der Waals surface area contributed by atoms with Crippen molar-refractivity contribution in [2.24, 2.45) is 0 Å². The number of ketones is 1. The first-order valence-corrected chi connectivity index (χ1v) is 4.23. The summed E-state index contributed by atoms with van der Waals surface area (Å²) in [6, 6.07) is 7.60. The fourth-order valence-electron chi connectivity index (χ4n) is 1.34. The highest BCUT2D eigenvalue weighted by Gasteiger charge is 2.20. The van der Waals surface area contributed by atoms with Crippen LogP contribution in [0.25, 0.3) is 0 Å². The van der Waals surface area contributed by atoms with E-state index in [1.807, 2.05) is 24.3 Å². The van der Waals surface area contributed by atoms with Gasteiger partial charge in [0.15, 0.2) is 5.78 Å². The second-order valence-electron chi connectivity index (χ2n) is 3.09. The SMILES string of the molecule is CC(=O)C1[CH]Nc2ccccc2N1. The summed E-state index contributed by atoms with van der Waals surface area (Å²) in [5.74, 6) is 0.113. The molecule has 0 amide bonds. The largest absolute Gasteiger partial charge is 0.376 e. The van der Waals surface area contributed by atoms with E-state index in [0.29, 0.717) is 0 Å². The van der Waals surface area contributed by atoms with Crippen LogP contribution in [-0.2, 0) is 4.79 Å². The van der Waals surface area contributed by atoms with Crippen molar-refractivity contribution in [2.75, 3.05) is 10.6 Å². The lowest BCUT2D eigenvalue weighted by molar-refractivity contribution is -0.117. The molecular formula is C10H11N2O. The molecule has 1 radical (unpaired) electrons. The number of rotatable bonds is 1. The van der Waals surface area contributed by atoms with E-state index < -0.39 is 0 Å². The van der Waals surface area contributed by atoms with Crippen LogP contribution in [0.15, 0.2) is 24.3 Å². The maximum absolute atomic E-state index is 11.1. The van der Waals surface area contributed by atoms with Gasteiger partial charge in [0.1, 0.15) is 6.04 Å². The van der Waals surface area contributed by atoms with E-state index in [9.17, 15) is 4.79 Å². The van der Waals surface area contributed by atoms with Crippen LogP contribution >= 0.6 is 0 Å². The van der Waals surface area contributed by atoms with Crippen LogP contribution in [0.4, 0.5) is 11.4 Å². The number of anilines is 2. The lowest BCUT2D eigenvalue weighted by atomic mass is 10.1. The minimum Gasteiger partial charge on any atom is -0.376 e. The molecule has 13 heavy (non-hydrogen) atoms. The molecule has 67 valence electrons. The molecule has 0 saturated heterocycles. The summed E-state index contributed by atoms with van der Waals surface area (Å²) in [5, 5.41) is 6.21. The van der Waals surface area contributed by atoms with Crippen LogP contribution in [-0.4, -0.2) is 11.8 Å². The van der Waals surface area contributed by atoms with Gasteiger partial charge in [-0.3, -0.25) is 4.79 Å². The summed E-state index contributed by atoms with van der Waals surface area (Å²) in [4.78, 5) is 11.1. The Morgan fingerprint density at radius 2 is 2.00 bits per heavy atom. The van der Waals surface area contributed by atoms with E-state index in [0.717, 1.165) is 11.4 Å². The number of para-hydroxylation sites is 2. The van der Waals surface area contributed by atoms with Crippen molar-refractivity contribution in [3.8, 4) is 0 Å². The van der Waals surface area contributed by atoms with Crippen LogP contribution in [0, 0.1) is 6.54 Å². The van der Waals surface area contributed by atoms with Gasteiger partial charge in [0, 0.05) is 0 Å². The monoisotopic (exact) mass is 175 g/mol. The zero-order valence-corrected chi connectivity index (χ0v) is 7.37. The smallest absolute Gasteiger partial charge is 0.154 e. The minimum atomic E-state index is -0.213. The van der Waals surface area contributed by atoms with Gasteiger partial charge in [-0.25, -0.2) is 0 Å². The van der Waals surface area contributed by atoms with Crippen molar-refractivity contribution >= 4 is 17.2 Å². The summed E-state index contributed by atoms with van der Waals surface area (Å²) >= 11 is 0. The van der Waals surface area contributed by atoms with E-state index in [1.165, 1.54) is 0 Å². The number of Topliss-reactive ketones (excluding diaryl/α,β-unsaturated/α-hetero) is 1. The lowest BCUT2D eigenvalue weighted by Crippen LogP contribution is -2.34. The Kier molecular flexibility index (Phi) is 1.93. The highest BCUT2D eigenvalue weighted by molar-refractivity contribution is 5.89. The molecule has 0 aromatic heterocycles. The molecule has 1 unspecified atom stereocenters. The molecule has 3 heteroatoms. The normalized spacial score (nSPS) is 19.6. The highest BCUT2D eigenvalue weighted by Crippen LogP contribution is 2.26. The van der Waals surface area contributed by atoms with Crippen LogP contribution in [0.2, 0.25) is 0 Å². The molecule has 1 aromatic rings. The molecule has 2 rings (SSSR count). The molecule has 0 fully saturated rings. The average Bonchev–Trinajstić information content (AvgIpc) is 2.17. The number of fused-ring (bicyclic) bond motifs is 1. The Bertz CT molecular complexity index is 335. The van der Waals surface area contributed by atoms with Gasteiger partial charge in [-0.2, -0.15) is 0 Å². The summed E-state index contributed by atoms with van der Waals surface area (Å²) in [6.07, 6.45) is 0. The predicted octanol–water partition coefficient (Wildman–Crippen LogP) is 1.64. The molecular weight excluding hydrogens is 164 g/mol. The predicted molar refractivity (Wildman–Crippen MR) is 52.5 cm³/mol. The third-order valence-corrected chi connectivity index (χ3v) is 2.08. The van der Waals surface area contributed by atoms with E-state index >= 15 is 0 Å². The summed E-state index contributed by atoms with van der Waals surface area (Å²) in [6.45, 7) is 3.34. The van der Waals surface area contributed by atoms with Gasteiger partial charge >= 0.3 is 0 Å². The van der Waals surface area contributed by atoms with Crippen LogP contribution in [0.3, 0.4) is 0 Å². The number of nitrogens with one attached hydrogen (secondary N) is 2. The third-order valence-electron chi connectivity index (χ3n) is 2.08. The van der Waals surface area contributed by atoms with Crippen LogP contribution in [0.5, 0.6) is 0 Å². The van der Waals surface area contributed by atoms with Crippen LogP contribution in [0.1, 0.15) is 6.92 Å². The van der Waals surface area contributed by atoms with Gasteiger partial charge in [-0.1, -0.05) is 12.1 Å². The second-order valence-corrected chi connectivity index (χ2v) is 3.09. The number of carbonyl (C=O) groups excluding carboxylic acids is 1. The minimum absolute atomic E-state index is 0.113. The standard InChI is InChI=1S/C10H11N2O/c1-7(13)10-6-11-8-4-2-3-5-9(8)12-10/h2-6,10-12H,1H3. The number of carbonyl (C=O) groups is 1. The van der Waals surface area contributed by atoms with Gasteiger partial charge in [0.2, 0.25) is 0 Å². The molecule has 2 N–H and O–H groups in total. The van der Waals surface area contributed by atoms with Gasteiger partial charge in [0.25, 0.3) is 0 Å². The number of hydrogen-bond acceptors (Lipinski definition) is 3. The molecule has 1 aromatic carbocycles. The Labute approximate surface area is 77.1 Å². The Hall–Kier alpha value is -1.51. The maximum atomic E-state index is 11.1. The molecule has 0 saturated carbocycles. The Morgan fingerprint density at radius 3 is 2.69 bits per heavy atom. The molecule has 1 aliphatic heterocycles. The van der Waals surface area contributed by atoms with Crippen molar-refractivity contribution < 1.29 is 4.79 Å². The molecule has 0 bridgehead atoms. The second kappa shape index (κ2) is 3.09. The van der Waals surface area contributed by atoms with Crippen molar-refractivity contribution in [2.45, 2.75) is 13.0 Å². The molecule has 0 spiro atoms. The van der Waals surface area contributed by atoms with Gasteiger partial charge in [0.05, 0.1) is 17.9 Å². The zero-order valence-electron chi connectivity index (χ0n) is 7.37. The number of hydrogen-bond donors (Lipinski definition) is 2. The van der Waals surface area contributed by atoms with Gasteiger partial charge < -0.3 is 10.6 Å². The lowest BCUT2D eigenvalue weighted by Gasteiger charge is -2.25. The average molecular weight is 175 g/mol.